The van der Waals surface area contributed by atoms with Crippen LogP contribution in [0.25, 0.3) is 0 Å². The number of aromatic nitrogens is 2. The largest absolute Gasteiger partial charge is 0.315 e. The molecule has 0 spiro atoms. The van der Waals surface area contributed by atoms with Gasteiger partial charge in [-0.2, -0.15) is 5.10 Å². The third kappa shape index (κ3) is 3.56. The van der Waals surface area contributed by atoms with Crippen molar-refractivity contribution in [1.82, 2.24) is 20.0 Å². The van der Waals surface area contributed by atoms with Crippen LogP contribution in [0.2, 0.25) is 0 Å². The van der Waals surface area contributed by atoms with E-state index < -0.39 is 0 Å². The van der Waals surface area contributed by atoms with Crippen molar-refractivity contribution < 1.29 is 0 Å². The number of nitrogens with zero attached hydrogens (tertiary/aromatic N) is 3. The number of hydrogen-bond donors (Lipinski definition) is 1. The Balaban J connectivity index is 1.87. The Kier molecular flexibility index (Phi) is 5.20. The van der Waals surface area contributed by atoms with E-state index in [9.17, 15) is 0 Å². The minimum Gasteiger partial charge on any atom is -0.315 e. The molecule has 2 heterocycles. The van der Waals surface area contributed by atoms with E-state index in [2.05, 4.69) is 28.3 Å². The van der Waals surface area contributed by atoms with E-state index in [0.29, 0.717) is 0 Å². The van der Waals surface area contributed by atoms with Gasteiger partial charge in [-0.15, -0.1) is 0 Å². The molecule has 102 valence electrons. The highest BCUT2D eigenvalue weighted by atomic mass is 15.3. The predicted octanol–water partition coefficient (Wildman–Crippen LogP) is 1.43. The van der Waals surface area contributed by atoms with Crippen LogP contribution >= 0.6 is 0 Å². The normalized spacial score (nSPS) is 20.5. The van der Waals surface area contributed by atoms with E-state index in [-0.39, 0.29) is 0 Å². The zero-order chi connectivity index (χ0) is 12.8. The van der Waals surface area contributed by atoms with Gasteiger partial charge in [0.05, 0.1) is 0 Å². The molecule has 4 heteroatoms. The van der Waals surface area contributed by atoms with Crippen molar-refractivity contribution in [2.75, 3.05) is 26.2 Å². The van der Waals surface area contributed by atoms with Gasteiger partial charge in [0.1, 0.15) is 0 Å². The second-order valence-electron chi connectivity index (χ2n) is 5.23. The molecule has 0 amide bonds. The summed E-state index contributed by atoms with van der Waals surface area (Å²) >= 11 is 0. The van der Waals surface area contributed by atoms with Crippen LogP contribution in [0.15, 0.2) is 12.3 Å². The van der Waals surface area contributed by atoms with Crippen molar-refractivity contribution in [2.24, 2.45) is 7.05 Å². The second-order valence-corrected chi connectivity index (χ2v) is 5.23. The Morgan fingerprint density at radius 3 is 3.00 bits per heavy atom. The van der Waals surface area contributed by atoms with E-state index in [1.807, 2.05) is 17.9 Å². The molecular formula is C14H26N4. The van der Waals surface area contributed by atoms with Gasteiger partial charge in [0.2, 0.25) is 0 Å². The maximum Gasteiger partial charge on any atom is 0.0492 e. The molecule has 1 unspecified atom stereocenters. The summed E-state index contributed by atoms with van der Waals surface area (Å²) in [4.78, 5) is 2.65. The molecule has 1 atom stereocenters. The van der Waals surface area contributed by atoms with Gasteiger partial charge in [-0.25, -0.2) is 0 Å². The topological polar surface area (TPSA) is 33.1 Å². The highest BCUT2D eigenvalue weighted by Crippen LogP contribution is 2.12. The van der Waals surface area contributed by atoms with Crippen LogP contribution in [-0.4, -0.2) is 46.9 Å². The molecule has 1 N–H and O–H groups in total. The molecule has 1 aliphatic heterocycles. The fourth-order valence-electron chi connectivity index (χ4n) is 2.81. The molecule has 0 bridgehead atoms. The maximum atomic E-state index is 4.24. The molecular weight excluding hydrogens is 224 g/mol. The van der Waals surface area contributed by atoms with E-state index in [4.69, 9.17) is 0 Å². The third-order valence-electron chi connectivity index (χ3n) is 3.88. The van der Waals surface area contributed by atoms with Crippen molar-refractivity contribution in [3.8, 4) is 0 Å². The average Bonchev–Trinajstić information content (AvgIpc) is 2.81. The van der Waals surface area contributed by atoms with Crippen molar-refractivity contribution in [2.45, 2.75) is 38.6 Å². The Morgan fingerprint density at radius 1 is 1.50 bits per heavy atom. The van der Waals surface area contributed by atoms with E-state index >= 15 is 0 Å². The van der Waals surface area contributed by atoms with Crippen LogP contribution in [0, 0.1) is 0 Å². The van der Waals surface area contributed by atoms with Crippen molar-refractivity contribution in [3.05, 3.63) is 18.0 Å². The molecule has 1 fully saturated rings. The van der Waals surface area contributed by atoms with Crippen molar-refractivity contribution in [3.63, 3.8) is 0 Å². The highest BCUT2D eigenvalue weighted by Gasteiger charge is 2.20. The first-order chi connectivity index (χ1) is 8.81. The first-order valence-corrected chi connectivity index (χ1v) is 7.23. The molecule has 0 aromatic carbocycles. The van der Waals surface area contributed by atoms with Gasteiger partial charge < -0.3 is 5.32 Å². The summed E-state index contributed by atoms with van der Waals surface area (Å²) < 4.78 is 1.99. The number of aryl methyl sites for hydroxylation is 1. The van der Waals surface area contributed by atoms with Gasteiger partial charge in [0.15, 0.2) is 0 Å². The van der Waals surface area contributed by atoms with Crippen LogP contribution in [-0.2, 0) is 13.5 Å². The van der Waals surface area contributed by atoms with Crippen LogP contribution in [0.1, 0.15) is 31.9 Å². The van der Waals surface area contributed by atoms with Crippen LogP contribution in [0.5, 0.6) is 0 Å². The second kappa shape index (κ2) is 6.90. The lowest BCUT2D eigenvalue weighted by molar-refractivity contribution is 0.167. The van der Waals surface area contributed by atoms with Crippen LogP contribution < -0.4 is 5.32 Å². The minimum absolute atomic E-state index is 0.729. The monoisotopic (exact) mass is 250 g/mol. The first-order valence-electron chi connectivity index (χ1n) is 7.23. The number of piperidine rings is 1. The number of nitrogens with one attached hydrogen (secondary N) is 1. The van der Waals surface area contributed by atoms with Gasteiger partial charge in [-0.1, -0.05) is 6.92 Å². The smallest absolute Gasteiger partial charge is 0.0492 e. The lowest BCUT2D eigenvalue weighted by Gasteiger charge is -2.34. The third-order valence-corrected chi connectivity index (χ3v) is 3.88. The van der Waals surface area contributed by atoms with E-state index in [1.54, 1.807) is 0 Å². The quantitative estimate of drug-likeness (QED) is 0.829. The standard InChI is InChI=1S/C14H26N4/c1-3-10-18(14-5-4-8-15-12-14)11-7-13-6-9-16-17(13)2/h6,9,14-15H,3-5,7-8,10-12H2,1-2H3. The minimum atomic E-state index is 0.729. The predicted molar refractivity (Wildman–Crippen MR) is 74.7 cm³/mol. The van der Waals surface area contributed by atoms with Gasteiger partial charge in [-0.3, -0.25) is 9.58 Å². The Hall–Kier alpha value is -0.870. The van der Waals surface area contributed by atoms with Crippen molar-refractivity contribution in [1.29, 1.82) is 0 Å². The summed E-state index contributed by atoms with van der Waals surface area (Å²) in [6, 6.07) is 2.86. The fourth-order valence-corrected chi connectivity index (χ4v) is 2.81. The molecule has 1 saturated heterocycles. The summed E-state index contributed by atoms with van der Waals surface area (Å²) in [6.07, 6.45) is 6.89. The number of hydrogen-bond acceptors (Lipinski definition) is 3. The molecule has 1 aliphatic rings. The maximum absolute atomic E-state index is 4.24. The molecule has 0 saturated carbocycles. The summed E-state index contributed by atoms with van der Waals surface area (Å²) in [5.74, 6) is 0. The van der Waals surface area contributed by atoms with Gasteiger partial charge >= 0.3 is 0 Å². The Morgan fingerprint density at radius 2 is 2.39 bits per heavy atom. The van der Waals surface area contributed by atoms with E-state index in [0.717, 1.165) is 25.6 Å². The lowest BCUT2D eigenvalue weighted by atomic mass is 10.1. The van der Waals surface area contributed by atoms with Crippen molar-refractivity contribution >= 4 is 0 Å². The Bertz CT molecular complexity index is 341. The van der Waals surface area contributed by atoms with Gasteiger partial charge in [-0.05, 0) is 38.4 Å². The van der Waals surface area contributed by atoms with E-state index in [1.165, 1.54) is 38.0 Å². The molecule has 2 rings (SSSR count). The lowest BCUT2D eigenvalue weighted by Crippen LogP contribution is -2.47. The first kappa shape index (κ1) is 13.6. The molecule has 1 aromatic rings. The molecule has 1 aromatic heterocycles. The molecule has 4 nitrogen and oxygen atoms in total. The van der Waals surface area contributed by atoms with Gasteiger partial charge in [0.25, 0.3) is 0 Å². The summed E-state index contributed by atoms with van der Waals surface area (Å²) in [5.41, 5.74) is 1.33. The molecule has 0 radical (unpaired) electrons. The zero-order valence-electron chi connectivity index (χ0n) is 11.7. The summed E-state index contributed by atoms with van der Waals surface area (Å²) in [6.45, 7) is 6.99. The summed E-state index contributed by atoms with van der Waals surface area (Å²) in [5, 5.41) is 7.76. The average molecular weight is 250 g/mol. The van der Waals surface area contributed by atoms with Crippen LogP contribution in [0.3, 0.4) is 0 Å². The summed E-state index contributed by atoms with van der Waals surface area (Å²) in [7, 11) is 2.03. The van der Waals surface area contributed by atoms with Crippen LogP contribution in [0.4, 0.5) is 0 Å². The highest BCUT2D eigenvalue weighted by molar-refractivity contribution is 5.00. The SMILES string of the molecule is CCCN(CCc1ccnn1C)C1CCCNC1. The fraction of sp³-hybridized carbons (Fsp3) is 0.786. The number of rotatable bonds is 6. The van der Waals surface area contributed by atoms with Gasteiger partial charge in [0, 0.05) is 44.5 Å². The Labute approximate surface area is 110 Å². The molecule has 0 aliphatic carbocycles. The zero-order valence-corrected chi connectivity index (χ0v) is 11.7. The molecule has 18 heavy (non-hydrogen) atoms.